The van der Waals surface area contributed by atoms with E-state index in [1.165, 1.54) is 5.56 Å². The molecule has 176 valence electrons. The molecule has 32 heavy (non-hydrogen) atoms. The largest absolute Gasteiger partial charge is 0.488 e. The van der Waals surface area contributed by atoms with E-state index >= 15 is 8.78 Å². The summed E-state index contributed by atoms with van der Waals surface area (Å²) in [7, 11) is 0.0722. The van der Waals surface area contributed by atoms with Crippen LogP contribution in [0.5, 0.6) is 0 Å². The number of halogens is 2. The van der Waals surface area contributed by atoms with Crippen LogP contribution in [0, 0.1) is 23.2 Å². The number of nitrogens with one attached hydrogen (secondary N) is 1. The highest BCUT2D eigenvalue weighted by Gasteiger charge is 2.67. The number of alkyl halides is 2. The zero-order valence-corrected chi connectivity index (χ0v) is 18.9. The van der Waals surface area contributed by atoms with Crippen LogP contribution in [0.2, 0.25) is 0 Å². The van der Waals surface area contributed by atoms with Crippen LogP contribution in [-0.4, -0.2) is 49.3 Å². The van der Waals surface area contributed by atoms with Gasteiger partial charge in [-0.15, -0.1) is 0 Å². The molecule has 5 nitrogen and oxygen atoms in total. The molecule has 2 fully saturated rings. The molecule has 4 rings (SSSR count). The molecular weight excluding hydrogens is 415 g/mol. The quantitative estimate of drug-likeness (QED) is 0.442. The van der Waals surface area contributed by atoms with Gasteiger partial charge < -0.3 is 20.1 Å². The maximum Gasteiger partial charge on any atom is 0.488 e. The Morgan fingerprint density at radius 3 is 2.81 bits per heavy atom. The van der Waals surface area contributed by atoms with Gasteiger partial charge >= 0.3 is 7.12 Å². The number of methoxy groups -OCH3 is 1. The van der Waals surface area contributed by atoms with Crippen LogP contribution in [0.15, 0.2) is 18.2 Å². The summed E-state index contributed by atoms with van der Waals surface area (Å²) in [6, 6.07) is 5.56. The zero-order valence-electron chi connectivity index (χ0n) is 18.9. The van der Waals surface area contributed by atoms with Crippen LogP contribution in [-0.2, 0) is 16.0 Å². The van der Waals surface area contributed by atoms with E-state index in [-0.39, 0.29) is 42.4 Å². The van der Waals surface area contributed by atoms with Crippen LogP contribution < -0.4 is 10.8 Å². The molecule has 8 heteroatoms. The van der Waals surface area contributed by atoms with E-state index in [1.54, 1.807) is 20.1 Å². The topological polar surface area (TPSA) is 78.8 Å². The Kier molecular flexibility index (Phi) is 6.67. The molecule has 0 bridgehead atoms. The van der Waals surface area contributed by atoms with E-state index in [0.717, 1.165) is 24.8 Å². The second-order valence-electron chi connectivity index (χ2n) is 10.2. The average Bonchev–Trinajstić information content (AvgIpc) is 2.97. The lowest BCUT2D eigenvalue weighted by atomic mass is 9.53. The fraction of sp³-hybridized carbons (Fsp3) is 0.708. The van der Waals surface area contributed by atoms with Gasteiger partial charge in [0.1, 0.15) is 0 Å². The van der Waals surface area contributed by atoms with Gasteiger partial charge in [-0.2, -0.15) is 0 Å². The third kappa shape index (κ3) is 4.10. The molecule has 1 aromatic carbocycles. The molecule has 1 amide bonds. The molecule has 1 aromatic rings. The minimum absolute atomic E-state index is 0.101. The first-order chi connectivity index (χ1) is 15.2. The maximum absolute atomic E-state index is 15.3. The Morgan fingerprint density at radius 1 is 1.31 bits per heavy atom. The Bertz CT molecular complexity index is 851. The van der Waals surface area contributed by atoms with Gasteiger partial charge in [-0.25, -0.2) is 8.78 Å². The van der Waals surface area contributed by atoms with Crippen LogP contribution in [0.25, 0.3) is 0 Å². The van der Waals surface area contributed by atoms with Crippen molar-refractivity contribution in [3.63, 3.8) is 0 Å². The molecule has 0 aliphatic heterocycles. The van der Waals surface area contributed by atoms with E-state index in [4.69, 9.17) is 4.74 Å². The van der Waals surface area contributed by atoms with Crippen molar-refractivity contribution in [2.75, 3.05) is 20.3 Å². The summed E-state index contributed by atoms with van der Waals surface area (Å²) in [5, 5.41) is 21.8. The van der Waals surface area contributed by atoms with Crippen molar-refractivity contribution in [3.8, 4) is 0 Å². The lowest BCUT2D eigenvalue weighted by molar-refractivity contribution is -0.133. The molecule has 0 aromatic heterocycles. The number of benzene rings is 1. The molecule has 3 N–H and O–H groups in total. The molecule has 0 heterocycles. The number of ether oxygens (including phenoxy) is 1. The fourth-order valence-electron chi connectivity index (χ4n) is 6.98. The summed E-state index contributed by atoms with van der Waals surface area (Å²) in [5.41, 5.74) is 1.75. The smallest absolute Gasteiger partial charge is 0.423 e. The molecule has 3 aliphatic rings. The highest BCUT2D eigenvalue weighted by Crippen LogP contribution is 2.68. The zero-order chi connectivity index (χ0) is 23.1. The first-order valence-electron chi connectivity index (χ1n) is 11.8. The van der Waals surface area contributed by atoms with Crippen molar-refractivity contribution in [2.45, 2.75) is 63.7 Å². The molecule has 0 radical (unpaired) electrons. The Balaban J connectivity index is 1.54. The van der Waals surface area contributed by atoms with Gasteiger partial charge in [-0.1, -0.05) is 25.1 Å². The number of hydrogen-bond donors (Lipinski definition) is 3. The summed E-state index contributed by atoms with van der Waals surface area (Å²) in [6.45, 7) is 2.64. The number of amides is 1. The van der Waals surface area contributed by atoms with Crippen LogP contribution in [0.1, 0.15) is 62.5 Å². The van der Waals surface area contributed by atoms with Crippen molar-refractivity contribution in [2.24, 2.45) is 23.2 Å². The van der Waals surface area contributed by atoms with Crippen LogP contribution in [0.4, 0.5) is 8.78 Å². The standard InChI is InChI=1S/C24H34BF2NO4/c1-23-10-9-19-18-7-5-17(25(30)31)13-15(18)3-6-20(19)22(23)16(14-24(23,26)27)4-8-21(29)28-11-12-32-2/h5,7,13,16,19-20,22,30-31H,3-4,6,8-12,14H2,1-2H3,(H,28,29)/t16-,19-,20-,22+,23+/m1/s1. The lowest BCUT2D eigenvalue weighted by Gasteiger charge is -2.51. The molecule has 0 saturated heterocycles. The van der Waals surface area contributed by atoms with Gasteiger partial charge in [-0.3, -0.25) is 4.79 Å². The normalized spacial score (nSPS) is 32.6. The highest BCUT2D eigenvalue weighted by molar-refractivity contribution is 6.58. The maximum atomic E-state index is 15.3. The summed E-state index contributed by atoms with van der Waals surface area (Å²) in [4.78, 5) is 12.2. The van der Waals surface area contributed by atoms with E-state index in [1.807, 2.05) is 12.1 Å². The van der Waals surface area contributed by atoms with Crippen LogP contribution >= 0.6 is 0 Å². The SMILES string of the molecule is COCCNC(=O)CC[C@@H]1CC(F)(F)[C@@]2(C)CC[C@@H]3c4ccc(B(O)O)cc4CC[C@H]3[C@H]12. The van der Waals surface area contributed by atoms with Crippen molar-refractivity contribution in [3.05, 3.63) is 29.3 Å². The Morgan fingerprint density at radius 2 is 2.09 bits per heavy atom. The van der Waals surface area contributed by atoms with Gasteiger partial charge in [0, 0.05) is 31.9 Å². The fourth-order valence-corrected chi connectivity index (χ4v) is 6.98. The second-order valence-corrected chi connectivity index (χ2v) is 10.2. The molecule has 0 unspecified atom stereocenters. The third-order valence-corrected chi connectivity index (χ3v) is 8.53. The summed E-state index contributed by atoms with van der Waals surface area (Å²) >= 11 is 0. The predicted molar refractivity (Wildman–Crippen MR) is 119 cm³/mol. The number of fused-ring (bicyclic) bond motifs is 5. The van der Waals surface area contributed by atoms with Gasteiger partial charge in [0.15, 0.2) is 0 Å². The highest BCUT2D eigenvalue weighted by atomic mass is 19.3. The summed E-state index contributed by atoms with van der Waals surface area (Å²) in [6.07, 6.45) is 3.42. The number of carbonyl (C=O) groups is 1. The van der Waals surface area contributed by atoms with Gasteiger partial charge in [0.05, 0.1) is 6.61 Å². The van der Waals surface area contributed by atoms with Gasteiger partial charge in [0.2, 0.25) is 5.91 Å². The Labute approximate surface area is 189 Å². The number of aryl methyl sites for hydroxylation is 1. The molecule has 0 spiro atoms. The number of rotatable bonds is 7. The molecular formula is C24H34BF2NO4. The minimum atomic E-state index is -2.72. The third-order valence-electron chi connectivity index (χ3n) is 8.53. The van der Waals surface area contributed by atoms with Crippen molar-refractivity contribution in [1.29, 1.82) is 0 Å². The summed E-state index contributed by atoms with van der Waals surface area (Å²) in [5.74, 6) is -2.72. The van der Waals surface area contributed by atoms with E-state index in [0.29, 0.717) is 31.5 Å². The average molecular weight is 449 g/mol. The first kappa shape index (κ1) is 23.6. The summed E-state index contributed by atoms with van der Waals surface area (Å²) < 4.78 is 35.6. The second kappa shape index (κ2) is 9.03. The van der Waals surface area contributed by atoms with Crippen LogP contribution in [0.3, 0.4) is 0 Å². The molecule has 2 saturated carbocycles. The van der Waals surface area contributed by atoms with Crippen molar-refractivity contribution < 1.29 is 28.4 Å². The molecule has 3 aliphatic carbocycles. The van der Waals surface area contributed by atoms with Gasteiger partial charge in [-0.05, 0) is 72.4 Å². The minimum Gasteiger partial charge on any atom is -0.423 e. The van der Waals surface area contributed by atoms with Crippen molar-refractivity contribution >= 4 is 18.5 Å². The van der Waals surface area contributed by atoms with E-state index in [2.05, 4.69) is 5.32 Å². The van der Waals surface area contributed by atoms with E-state index in [9.17, 15) is 14.8 Å². The monoisotopic (exact) mass is 449 g/mol. The first-order valence-corrected chi connectivity index (χ1v) is 11.8. The van der Waals surface area contributed by atoms with E-state index < -0.39 is 18.5 Å². The predicted octanol–water partition coefficient (Wildman–Crippen LogP) is 2.63. The number of hydrogen-bond acceptors (Lipinski definition) is 4. The number of carbonyl (C=O) groups excluding carboxylic acids is 1. The van der Waals surface area contributed by atoms with Crippen molar-refractivity contribution in [1.82, 2.24) is 5.32 Å². The molecule has 5 atom stereocenters. The van der Waals surface area contributed by atoms with Gasteiger partial charge in [0.25, 0.3) is 5.92 Å². The lowest BCUT2D eigenvalue weighted by Crippen LogP contribution is -2.48. The Hall–Kier alpha value is -1.51.